The van der Waals surface area contributed by atoms with Crippen molar-refractivity contribution in [2.75, 3.05) is 0 Å². The topological polar surface area (TPSA) is 46.6 Å². The van der Waals surface area contributed by atoms with E-state index in [9.17, 15) is 9.59 Å². The predicted molar refractivity (Wildman–Crippen MR) is 121 cm³/mol. The van der Waals surface area contributed by atoms with E-state index >= 15 is 0 Å². The van der Waals surface area contributed by atoms with Gasteiger partial charge in [-0.05, 0) is 50.3 Å². The van der Waals surface area contributed by atoms with E-state index in [2.05, 4.69) is 24.3 Å². The van der Waals surface area contributed by atoms with Crippen LogP contribution in [0.2, 0.25) is 0 Å². The number of benzene rings is 2. The summed E-state index contributed by atoms with van der Waals surface area (Å²) < 4.78 is 5.74. The molecule has 160 valence electrons. The second-order valence-electron chi connectivity index (χ2n) is 9.19. The Morgan fingerprint density at radius 1 is 0.933 bits per heavy atom. The maximum Gasteiger partial charge on any atom is 0.410 e. The van der Waals surface area contributed by atoms with E-state index < -0.39 is 5.60 Å². The van der Waals surface area contributed by atoms with Gasteiger partial charge in [0.15, 0.2) is 0 Å². The summed E-state index contributed by atoms with van der Waals surface area (Å²) in [6.07, 6.45) is 7.54. The summed E-state index contributed by atoms with van der Waals surface area (Å²) in [6, 6.07) is 16.1. The van der Waals surface area contributed by atoms with Crippen LogP contribution < -0.4 is 0 Å². The summed E-state index contributed by atoms with van der Waals surface area (Å²) in [6.45, 7) is 6.31. The first kappa shape index (κ1) is 22.1. The number of carbonyl (C=O) groups is 2. The summed E-state index contributed by atoms with van der Waals surface area (Å²) in [5.74, 6) is 0. The first-order chi connectivity index (χ1) is 14.4. The van der Waals surface area contributed by atoms with E-state index in [1.807, 2.05) is 49.9 Å². The van der Waals surface area contributed by atoms with Crippen molar-refractivity contribution in [1.29, 1.82) is 0 Å². The van der Waals surface area contributed by atoms with E-state index in [4.69, 9.17) is 4.74 Å². The van der Waals surface area contributed by atoms with Gasteiger partial charge in [-0.3, -0.25) is 4.79 Å². The summed E-state index contributed by atoms with van der Waals surface area (Å²) in [4.78, 5) is 25.8. The van der Waals surface area contributed by atoms with E-state index in [1.54, 1.807) is 0 Å². The Hall–Kier alpha value is -2.62. The van der Waals surface area contributed by atoms with Crippen molar-refractivity contribution in [3.8, 4) is 11.1 Å². The molecular formula is C26H33NO3. The van der Waals surface area contributed by atoms with Crippen LogP contribution in [0.3, 0.4) is 0 Å². The highest BCUT2D eigenvalue weighted by molar-refractivity contribution is 5.77. The van der Waals surface area contributed by atoms with Crippen molar-refractivity contribution in [1.82, 2.24) is 4.90 Å². The molecule has 0 spiro atoms. The Kier molecular flexibility index (Phi) is 7.30. The van der Waals surface area contributed by atoms with Crippen molar-refractivity contribution in [2.45, 2.75) is 77.5 Å². The lowest BCUT2D eigenvalue weighted by atomic mass is 10.0. The fourth-order valence-corrected chi connectivity index (χ4v) is 3.99. The van der Waals surface area contributed by atoms with Crippen molar-refractivity contribution in [3.63, 3.8) is 0 Å². The Balaban J connectivity index is 1.76. The third-order valence-corrected chi connectivity index (χ3v) is 5.58. The maximum absolute atomic E-state index is 13.0. The van der Waals surface area contributed by atoms with Crippen LogP contribution >= 0.6 is 0 Å². The van der Waals surface area contributed by atoms with Gasteiger partial charge in [-0.15, -0.1) is 0 Å². The molecule has 4 heteroatoms. The monoisotopic (exact) mass is 407 g/mol. The molecule has 30 heavy (non-hydrogen) atoms. The predicted octanol–water partition coefficient (Wildman–Crippen LogP) is 6.63. The molecule has 1 aliphatic rings. The van der Waals surface area contributed by atoms with Crippen LogP contribution in [-0.4, -0.2) is 28.9 Å². The molecule has 1 fully saturated rings. The summed E-state index contributed by atoms with van der Waals surface area (Å²) in [5, 5.41) is 0. The lowest BCUT2D eigenvalue weighted by molar-refractivity contribution is 0.0123. The van der Waals surface area contributed by atoms with Crippen molar-refractivity contribution in [3.05, 3.63) is 59.7 Å². The van der Waals surface area contributed by atoms with Gasteiger partial charge in [0.05, 0.1) is 0 Å². The summed E-state index contributed by atoms with van der Waals surface area (Å²) in [7, 11) is 0. The average molecular weight is 408 g/mol. The minimum absolute atomic E-state index is 0.220. The highest BCUT2D eigenvalue weighted by Crippen LogP contribution is 2.26. The fourth-order valence-electron chi connectivity index (χ4n) is 3.99. The molecule has 0 unspecified atom stereocenters. The van der Waals surface area contributed by atoms with Crippen LogP contribution in [0.5, 0.6) is 0 Å². The molecule has 1 saturated carbocycles. The summed E-state index contributed by atoms with van der Waals surface area (Å²) in [5.41, 5.74) is 3.43. The van der Waals surface area contributed by atoms with Gasteiger partial charge in [0.2, 0.25) is 0 Å². The molecule has 0 aliphatic heterocycles. The molecule has 2 aromatic carbocycles. The Morgan fingerprint density at radius 3 is 1.97 bits per heavy atom. The largest absolute Gasteiger partial charge is 0.444 e. The van der Waals surface area contributed by atoms with Crippen molar-refractivity contribution < 1.29 is 14.3 Å². The Morgan fingerprint density at radius 2 is 1.47 bits per heavy atom. The van der Waals surface area contributed by atoms with E-state index in [0.717, 1.165) is 35.8 Å². The molecule has 0 N–H and O–H groups in total. The lowest BCUT2D eigenvalue weighted by Crippen LogP contribution is -2.42. The quantitative estimate of drug-likeness (QED) is 0.413. The highest BCUT2D eigenvalue weighted by atomic mass is 16.6. The molecule has 1 aliphatic carbocycles. The number of aldehydes is 1. The maximum atomic E-state index is 13.0. The smallest absolute Gasteiger partial charge is 0.410 e. The van der Waals surface area contributed by atoms with Gasteiger partial charge in [-0.25, -0.2) is 4.79 Å². The third-order valence-electron chi connectivity index (χ3n) is 5.58. The van der Waals surface area contributed by atoms with Crippen molar-refractivity contribution in [2.24, 2.45) is 0 Å². The average Bonchev–Trinajstić information content (AvgIpc) is 3.00. The van der Waals surface area contributed by atoms with Crippen LogP contribution in [0.25, 0.3) is 11.1 Å². The van der Waals surface area contributed by atoms with Crippen molar-refractivity contribution >= 4 is 12.4 Å². The highest BCUT2D eigenvalue weighted by Gasteiger charge is 2.29. The molecule has 1 amide bonds. The van der Waals surface area contributed by atoms with Gasteiger partial charge in [0, 0.05) is 18.2 Å². The molecule has 0 heterocycles. The zero-order valence-corrected chi connectivity index (χ0v) is 18.4. The molecule has 0 atom stereocenters. The van der Waals surface area contributed by atoms with Crippen LogP contribution in [0.15, 0.2) is 48.5 Å². The number of nitrogens with zero attached hydrogens (tertiary/aromatic N) is 1. The second-order valence-corrected chi connectivity index (χ2v) is 9.19. The van der Waals surface area contributed by atoms with Gasteiger partial charge in [0.25, 0.3) is 0 Å². The molecule has 3 rings (SSSR count). The summed E-state index contributed by atoms with van der Waals surface area (Å²) >= 11 is 0. The molecule has 2 aromatic rings. The van der Waals surface area contributed by atoms with E-state index in [1.165, 1.54) is 25.7 Å². The third kappa shape index (κ3) is 6.19. The lowest BCUT2D eigenvalue weighted by Gasteiger charge is -2.33. The first-order valence-corrected chi connectivity index (χ1v) is 11.0. The molecule has 0 bridgehead atoms. The molecule has 4 nitrogen and oxygen atoms in total. The number of hydrogen-bond donors (Lipinski definition) is 0. The molecule has 0 saturated heterocycles. The standard InChI is InChI=1S/C26H33NO3/c1-26(2,3)30-25(29)27(24-8-6-4-5-7-9-24)18-20-10-14-22(15-11-20)23-16-12-21(19-28)13-17-23/h10-17,19,24H,4-9,18H2,1-3H3. The number of ether oxygens (including phenoxy) is 1. The number of hydrogen-bond acceptors (Lipinski definition) is 3. The van der Waals surface area contributed by atoms with Gasteiger partial charge in [-0.1, -0.05) is 74.2 Å². The minimum atomic E-state index is -0.502. The first-order valence-electron chi connectivity index (χ1n) is 11.0. The van der Waals surface area contributed by atoms with Crippen LogP contribution in [0.1, 0.15) is 75.2 Å². The van der Waals surface area contributed by atoms with Crippen LogP contribution in [-0.2, 0) is 11.3 Å². The fraction of sp³-hybridized carbons (Fsp3) is 0.462. The minimum Gasteiger partial charge on any atom is -0.444 e. The number of carbonyl (C=O) groups excluding carboxylic acids is 2. The SMILES string of the molecule is CC(C)(C)OC(=O)N(Cc1ccc(-c2ccc(C=O)cc2)cc1)C1CCCCCC1. The molecule has 0 radical (unpaired) electrons. The number of rotatable bonds is 5. The van der Waals surface area contributed by atoms with Gasteiger partial charge in [0.1, 0.15) is 11.9 Å². The van der Waals surface area contributed by atoms with E-state index in [0.29, 0.717) is 12.1 Å². The zero-order chi connectivity index (χ0) is 21.6. The Bertz CT molecular complexity index is 826. The van der Waals surface area contributed by atoms with Crippen LogP contribution in [0.4, 0.5) is 4.79 Å². The van der Waals surface area contributed by atoms with E-state index in [-0.39, 0.29) is 12.1 Å². The van der Waals surface area contributed by atoms with Gasteiger partial charge >= 0.3 is 6.09 Å². The molecular weight excluding hydrogens is 374 g/mol. The molecule has 0 aromatic heterocycles. The Labute approximate surface area is 180 Å². The zero-order valence-electron chi connectivity index (χ0n) is 18.4. The second kappa shape index (κ2) is 9.92. The normalized spacial score (nSPS) is 15.3. The van der Waals surface area contributed by atoms with Gasteiger partial charge < -0.3 is 9.64 Å². The van der Waals surface area contributed by atoms with Crippen LogP contribution in [0, 0.1) is 0 Å². The number of amides is 1. The van der Waals surface area contributed by atoms with Gasteiger partial charge in [-0.2, -0.15) is 0 Å².